The SMILES string of the molecule is Cc1ccc(-c2nnc(C(=O)N3CCc4[nH]cnc4[C@H]3c3ccc4ccccc4n3)o2)nc1. The van der Waals surface area contributed by atoms with E-state index in [1.54, 1.807) is 23.5 Å². The van der Waals surface area contributed by atoms with Crippen molar-refractivity contribution in [2.75, 3.05) is 6.54 Å². The van der Waals surface area contributed by atoms with Crippen molar-refractivity contribution in [3.05, 3.63) is 89.6 Å². The van der Waals surface area contributed by atoms with Gasteiger partial charge in [-0.15, -0.1) is 10.2 Å². The number of aromatic nitrogens is 6. The summed E-state index contributed by atoms with van der Waals surface area (Å²) in [7, 11) is 0. The smallest absolute Gasteiger partial charge is 0.312 e. The van der Waals surface area contributed by atoms with Gasteiger partial charge in [-0.1, -0.05) is 30.3 Å². The molecule has 1 aliphatic rings. The van der Waals surface area contributed by atoms with Crippen LogP contribution in [0.2, 0.25) is 0 Å². The number of rotatable bonds is 3. The number of aryl methyl sites for hydroxylation is 1. The lowest BCUT2D eigenvalue weighted by Gasteiger charge is -2.33. The minimum atomic E-state index is -0.468. The van der Waals surface area contributed by atoms with Crippen molar-refractivity contribution in [3.63, 3.8) is 0 Å². The van der Waals surface area contributed by atoms with Crippen LogP contribution in [0.1, 0.15) is 39.4 Å². The largest absolute Gasteiger partial charge is 0.411 e. The Hall–Kier alpha value is -4.40. The number of benzene rings is 1. The van der Waals surface area contributed by atoms with E-state index in [-0.39, 0.29) is 17.7 Å². The van der Waals surface area contributed by atoms with Gasteiger partial charge < -0.3 is 14.3 Å². The number of amides is 1. The number of aromatic amines is 1. The first-order chi connectivity index (χ1) is 16.2. The highest BCUT2D eigenvalue weighted by Gasteiger charge is 2.37. The van der Waals surface area contributed by atoms with Gasteiger partial charge in [0, 0.05) is 30.2 Å². The summed E-state index contributed by atoms with van der Waals surface area (Å²) in [6.07, 6.45) is 4.01. The number of nitrogens with one attached hydrogen (secondary N) is 1. The number of hydrogen-bond acceptors (Lipinski definition) is 7. The molecule has 4 aromatic heterocycles. The minimum absolute atomic E-state index is 0.0860. The Kier molecular flexibility index (Phi) is 4.46. The third-order valence-electron chi connectivity index (χ3n) is 5.82. The molecule has 5 heterocycles. The van der Waals surface area contributed by atoms with E-state index >= 15 is 0 Å². The summed E-state index contributed by atoms with van der Waals surface area (Å²) in [6, 6.07) is 15.1. The molecule has 9 nitrogen and oxygen atoms in total. The lowest BCUT2D eigenvalue weighted by Crippen LogP contribution is -2.41. The van der Waals surface area contributed by atoms with Gasteiger partial charge >= 0.3 is 11.8 Å². The summed E-state index contributed by atoms with van der Waals surface area (Å²) in [4.78, 5) is 32.1. The van der Waals surface area contributed by atoms with Crippen LogP contribution in [0.4, 0.5) is 0 Å². The number of pyridine rings is 2. The topological polar surface area (TPSA) is 114 Å². The third kappa shape index (κ3) is 3.34. The first kappa shape index (κ1) is 19.3. The van der Waals surface area contributed by atoms with Crippen molar-refractivity contribution in [2.24, 2.45) is 0 Å². The van der Waals surface area contributed by atoms with E-state index in [9.17, 15) is 4.79 Å². The zero-order valence-electron chi connectivity index (χ0n) is 17.8. The molecule has 0 unspecified atom stereocenters. The Balaban J connectivity index is 1.39. The van der Waals surface area contributed by atoms with Gasteiger partial charge in [-0.25, -0.2) is 4.98 Å². The molecule has 33 heavy (non-hydrogen) atoms. The summed E-state index contributed by atoms with van der Waals surface area (Å²) < 4.78 is 5.72. The number of para-hydroxylation sites is 1. The second-order valence-electron chi connectivity index (χ2n) is 7.98. The number of fused-ring (bicyclic) bond motifs is 2. The number of imidazole rings is 1. The quantitative estimate of drug-likeness (QED) is 0.459. The first-order valence-electron chi connectivity index (χ1n) is 10.6. The number of carbonyl (C=O) groups excluding carboxylic acids is 1. The fourth-order valence-corrected chi connectivity index (χ4v) is 4.16. The molecule has 0 aliphatic carbocycles. The Morgan fingerprint density at radius 1 is 1.09 bits per heavy atom. The van der Waals surface area contributed by atoms with Gasteiger partial charge in [0.1, 0.15) is 11.7 Å². The summed E-state index contributed by atoms with van der Waals surface area (Å²) in [5.74, 6) is -0.247. The fraction of sp³-hybridized carbons (Fsp3) is 0.167. The van der Waals surface area contributed by atoms with Crippen molar-refractivity contribution >= 4 is 16.8 Å². The van der Waals surface area contributed by atoms with Crippen molar-refractivity contribution in [1.29, 1.82) is 0 Å². The summed E-state index contributed by atoms with van der Waals surface area (Å²) in [5.41, 5.74) is 4.90. The molecule has 5 aromatic rings. The molecular formula is C24H19N7O2. The van der Waals surface area contributed by atoms with E-state index in [0.717, 1.165) is 33.5 Å². The lowest BCUT2D eigenvalue weighted by molar-refractivity contribution is 0.0647. The second kappa shape index (κ2) is 7.63. The van der Waals surface area contributed by atoms with Crippen LogP contribution >= 0.6 is 0 Å². The molecule has 1 amide bonds. The number of hydrogen-bond donors (Lipinski definition) is 1. The highest BCUT2D eigenvalue weighted by atomic mass is 16.4. The molecule has 9 heteroatoms. The molecule has 0 fully saturated rings. The van der Waals surface area contributed by atoms with E-state index in [4.69, 9.17) is 9.40 Å². The Morgan fingerprint density at radius 2 is 2.00 bits per heavy atom. The highest BCUT2D eigenvalue weighted by Crippen LogP contribution is 2.34. The van der Waals surface area contributed by atoms with Crippen LogP contribution in [0.15, 0.2) is 65.5 Å². The second-order valence-corrected chi connectivity index (χ2v) is 7.98. The average molecular weight is 437 g/mol. The van der Waals surface area contributed by atoms with Gasteiger partial charge in [0.25, 0.3) is 5.89 Å². The van der Waals surface area contributed by atoms with Gasteiger partial charge in [0.05, 0.1) is 23.2 Å². The Bertz CT molecular complexity index is 1470. The maximum absolute atomic E-state index is 13.5. The van der Waals surface area contributed by atoms with Crippen LogP contribution < -0.4 is 0 Å². The van der Waals surface area contributed by atoms with Gasteiger partial charge in [-0.3, -0.25) is 14.8 Å². The summed E-state index contributed by atoms with van der Waals surface area (Å²) in [6.45, 7) is 2.41. The molecule has 1 N–H and O–H groups in total. The van der Waals surface area contributed by atoms with E-state index < -0.39 is 6.04 Å². The van der Waals surface area contributed by atoms with Gasteiger partial charge in [0.2, 0.25) is 0 Å². The molecule has 6 rings (SSSR count). The van der Waals surface area contributed by atoms with E-state index in [2.05, 4.69) is 25.1 Å². The number of nitrogens with zero attached hydrogens (tertiary/aromatic N) is 6. The van der Waals surface area contributed by atoms with Gasteiger partial charge in [-0.2, -0.15) is 0 Å². The maximum atomic E-state index is 13.5. The van der Waals surface area contributed by atoms with Gasteiger partial charge in [-0.05, 0) is 30.7 Å². The van der Waals surface area contributed by atoms with Crippen molar-refractivity contribution in [2.45, 2.75) is 19.4 Å². The maximum Gasteiger partial charge on any atom is 0.312 e. The summed E-state index contributed by atoms with van der Waals surface area (Å²) >= 11 is 0. The molecule has 0 saturated heterocycles. The average Bonchev–Trinajstić information content (AvgIpc) is 3.53. The van der Waals surface area contributed by atoms with Crippen LogP contribution in [-0.4, -0.2) is 47.5 Å². The van der Waals surface area contributed by atoms with Crippen molar-refractivity contribution in [1.82, 2.24) is 35.0 Å². The molecule has 0 bridgehead atoms. The molecule has 1 atom stereocenters. The lowest BCUT2D eigenvalue weighted by atomic mass is 9.98. The Labute approximate surface area is 188 Å². The third-order valence-corrected chi connectivity index (χ3v) is 5.82. The van der Waals surface area contributed by atoms with E-state index in [1.165, 1.54) is 0 Å². The van der Waals surface area contributed by atoms with Crippen LogP contribution in [0.5, 0.6) is 0 Å². The predicted octanol–water partition coefficient (Wildman–Crippen LogP) is 3.50. The summed E-state index contributed by atoms with van der Waals surface area (Å²) in [5, 5.41) is 9.09. The standard InChI is InChI=1S/C24H19N7O2/c1-14-6-8-19(25-12-14)22-29-30-23(33-22)24(32)31-11-10-17-20(27-13-26-17)21(31)18-9-7-15-4-2-3-5-16(15)28-18/h2-9,12-13,21H,10-11H2,1H3,(H,26,27)/t21-/m1/s1. The van der Waals surface area contributed by atoms with Crippen molar-refractivity contribution in [3.8, 4) is 11.6 Å². The Morgan fingerprint density at radius 3 is 2.88 bits per heavy atom. The van der Waals surface area contributed by atoms with Crippen LogP contribution in [0, 0.1) is 6.92 Å². The molecule has 0 saturated carbocycles. The zero-order chi connectivity index (χ0) is 22.4. The fourth-order valence-electron chi connectivity index (χ4n) is 4.16. The molecule has 0 spiro atoms. The molecular weight excluding hydrogens is 418 g/mol. The van der Waals surface area contributed by atoms with Crippen LogP contribution in [0.25, 0.3) is 22.5 Å². The molecule has 162 valence electrons. The van der Waals surface area contributed by atoms with E-state index in [0.29, 0.717) is 18.7 Å². The van der Waals surface area contributed by atoms with Gasteiger partial charge in [0.15, 0.2) is 0 Å². The van der Waals surface area contributed by atoms with Crippen molar-refractivity contribution < 1.29 is 9.21 Å². The minimum Gasteiger partial charge on any atom is -0.411 e. The first-order valence-corrected chi connectivity index (χ1v) is 10.6. The number of H-pyrrole nitrogens is 1. The molecule has 0 radical (unpaired) electrons. The monoisotopic (exact) mass is 437 g/mol. The molecule has 1 aliphatic heterocycles. The predicted molar refractivity (Wildman–Crippen MR) is 119 cm³/mol. The highest BCUT2D eigenvalue weighted by molar-refractivity contribution is 5.90. The molecule has 1 aromatic carbocycles. The number of carbonyl (C=O) groups is 1. The normalized spacial score (nSPS) is 15.5. The van der Waals surface area contributed by atoms with E-state index in [1.807, 2.05) is 49.4 Å². The van der Waals surface area contributed by atoms with Crippen LogP contribution in [0.3, 0.4) is 0 Å². The van der Waals surface area contributed by atoms with Crippen LogP contribution in [-0.2, 0) is 6.42 Å². The zero-order valence-corrected chi connectivity index (χ0v) is 17.8.